The normalized spacial score (nSPS) is 8.80. The van der Waals surface area contributed by atoms with E-state index in [0.717, 1.165) is 5.56 Å². The lowest BCUT2D eigenvalue weighted by atomic mass is 10.3. The predicted molar refractivity (Wildman–Crippen MR) is 39.6 cm³/mol. The lowest BCUT2D eigenvalue weighted by Crippen LogP contribution is -2.14. The fourth-order valence-electron chi connectivity index (χ4n) is 0.679. The molecule has 0 unspecified atom stereocenters. The first-order valence-electron chi connectivity index (χ1n) is 2.87. The van der Waals surface area contributed by atoms with E-state index in [-0.39, 0.29) is 5.56 Å². The van der Waals surface area contributed by atoms with Gasteiger partial charge in [-0.25, -0.2) is 0 Å². The summed E-state index contributed by atoms with van der Waals surface area (Å²) in [4.78, 5) is 10.8. The minimum absolute atomic E-state index is 0.0426. The van der Waals surface area contributed by atoms with E-state index in [9.17, 15) is 4.79 Å². The average molecular weight is 133 g/mol. The number of pyridine rings is 1. The van der Waals surface area contributed by atoms with Crippen LogP contribution in [0.4, 0.5) is 0 Å². The Hall–Kier alpha value is -1.49. The zero-order chi connectivity index (χ0) is 7.56. The van der Waals surface area contributed by atoms with Crippen molar-refractivity contribution >= 4 is 0 Å². The van der Waals surface area contributed by atoms with Crippen molar-refractivity contribution in [1.29, 1.82) is 0 Å². The molecule has 0 fully saturated rings. The molecule has 1 rings (SSSR count). The largest absolute Gasteiger partial charge is 0.317 e. The van der Waals surface area contributed by atoms with Gasteiger partial charge in [-0.15, -0.1) is 6.42 Å². The first-order valence-corrected chi connectivity index (χ1v) is 2.87. The summed E-state index contributed by atoms with van der Waals surface area (Å²) >= 11 is 0. The summed E-state index contributed by atoms with van der Waals surface area (Å²) in [7, 11) is 1.67. The van der Waals surface area contributed by atoms with E-state index >= 15 is 0 Å². The minimum atomic E-state index is -0.0426. The van der Waals surface area contributed by atoms with Crippen molar-refractivity contribution in [2.24, 2.45) is 7.05 Å². The van der Waals surface area contributed by atoms with E-state index in [2.05, 4.69) is 5.92 Å². The molecule has 1 aromatic rings. The van der Waals surface area contributed by atoms with Crippen molar-refractivity contribution in [3.63, 3.8) is 0 Å². The summed E-state index contributed by atoms with van der Waals surface area (Å²) in [5.41, 5.74) is 0.682. The van der Waals surface area contributed by atoms with Crippen molar-refractivity contribution in [2.75, 3.05) is 0 Å². The molecular formula is C8H7NO. The van der Waals surface area contributed by atoms with Gasteiger partial charge in [-0.05, 0) is 6.07 Å². The second kappa shape index (κ2) is 2.40. The molecule has 2 heteroatoms. The zero-order valence-electron chi connectivity index (χ0n) is 5.66. The third-order valence-corrected chi connectivity index (χ3v) is 1.25. The summed E-state index contributed by atoms with van der Waals surface area (Å²) in [5, 5.41) is 0. The second-order valence-corrected chi connectivity index (χ2v) is 2.01. The Bertz CT molecular complexity index is 330. The van der Waals surface area contributed by atoms with E-state index in [1.165, 1.54) is 10.6 Å². The van der Waals surface area contributed by atoms with Crippen LogP contribution in [0.3, 0.4) is 0 Å². The van der Waals surface area contributed by atoms with E-state index in [1.807, 2.05) is 0 Å². The first kappa shape index (κ1) is 6.63. The van der Waals surface area contributed by atoms with Crippen LogP contribution in [-0.2, 0) is 7.05 Å². The Labute approximate surface area is 59.1 Å². The minimum Gasteiger partial charge on any atom is -0.317 e. The molecule has 0 saturated heterocycles. The monoisotopic (exact) mass is 133 g/mol. The third kappa shape index (κ3) is 1.08. The van der Waals surface area contributed by atoms with Crippen molar-refractivity contribution in [1.82, 2.24) is 4.57 Å². The molecule has 1 aromatic heterocycles. The van der Waals surface area contributed by atoms with Gasteiger partial charge in [-0.1, -0.05) is 5.92 Å². The lowest BCUT2D eigenvalue weighted by Gasteiger charge is -1.94. The van der Waals surface area contributed by atoms with Crippen LogP contribution in [0.1, 0.15) is 5.56 Å². The van der Waals surface area contributed by atoms with Crippen LogP contribution in [0.5, 0.6) is 0 Å². The fraction of sp³-hybridized carbons (Fsp3) is 0.125. The predicted octanol–water partition coefficient (Wildman–Crippen LogP) is 0.367. The number of hydrogen-bond acceptors (Lipinski definition) is 1. The van der Waals surface area contributed by atoms with Gasteiger partial charge in [0.2, 0.25) is 5.56 Å². The van der Waals surface area contributed by atoms with Gasteiger partial charge in [0.15, 0.2) is 0 Å². The topological polar surface area (TPSA) is 22.0 Å². The molecule has 10 heavy (non-hydrogen) atoms. The van der Waals surface area contributed by atoms with Gasteiger partial charge in [-0.2, -0.15) is 0 Å². The van der Waals surface area contributed by atoms with Crippen LogP contribution in [0.2, 0.25) is 0 Å². The summed E-state index contributed by atoms with van der Waals surface area (Å²) < 4.78 is 1.45. The van der Waals surface area contributed by atoms with Crippen LogP contribution >= 0.6 is 0 Å². The molecule has 0 bridgehead atoms. The van der Waals surface area contributed by atoms with E-state index in [0.29, 0.717) is 0 Å². The number of aromatic nitrogens is 1. The summed E-state index contributed by atoms with van der Waals surface area (Å²) in [5.74, 6) is 2.44. The summed E-state index contributed by atoms with van der Waals surface area (Å²) in [6.07, 6.45) is 6.73. The number of terminal acetylenes is 1. The maximum atomic E-state index is 10.8. The van der Waals surface area contributed by atoms with Crippen molar-refractivity contribution < 1.29 is 0 Å². The molecule has 2 nitrogen and oxygen atoms in total. The first-order chi connectivity index (χ1) is 4.74. The third-order valence-electron chi connectivity index (χ3n) is 1.25. The molecule has 0 radical (unpaired) electrons. The van der Waals surface area contributed by atoms with Gasteiger partial charge >= 0.3 is 0 Å². The molecule has 1 heterocycles. The van der Waals surface area contributed by atoms with Crippen LogP contribution in [-0.4, -0.2) is 4.57 Å². The Morgan fingerprint density at radius 3 is 2.80 bits per heavy atom. The van der Waals surface area contributed by atoms with E-state index < -0.39 is 0 Å². The van der Waals surface area contributed by atoms with E-state index in [1.54, 1.807) is 19.3 Å². The van der Waals surface area contributed by atoms with Gasteiger partial charge in [0.25, 0.3) is 0 Å². The Kier molecular flexibility index (Phi) is 1.59. The Morgan fingerprint density at radius 1 is 1.60 bits per heavy atom. The number of aryl methyl sites for hydroxylation is 1. The smallest absolute Gasteiger partial charge is 0.250 e. The quantitative estimate of drug-likeness (QED) is 0.468. The molecule has 0 aromatic carbocycles. The Balaban J connectivity index is 3.34. The molecule has 0 aliphatic heterocycles. The second-order valence-electron chi connectivity index (χ2n) is 2.01. The van der Waals surface area contributed by atoms with E-state index in [4.69, 9.17) is 6.42 Å². The van der Waals surface area contributed by atoms with Crippen molar-refractivity contribution in [2.45, 2.75) is 0 Å². The molecule has 0 atom stereocenters. The number of hydrogen-bond donors (Lipinski definition) is 0. The molecule has 0 aliphatic rings. The highest BCUT2D eigenvalue weighted by molar-refractivity contribution is 5.28. The summed E-state index contributed by atoms with van der Waals surface area (Å²) in [6.45, 7) is 0. The van der Waals surface area contributed by atoms with Gasteiger partial charge in [-0.3, -0.25) is 4.79 Å². The van der Waals surface area contributed by atoms with Gasteiger partial charge in [0.05, 0.1) is 0 Å². The highest BCUT2D eigenvalue weighted by Crippen LogP contribution is 1.89. The van der Waals surface area contributed by atoms with Crippen LogP contribution < -0.4 is 5.56 Å². The van der Waals surface area contributed by atoms with Crippen LogP contribution in [0.15, 0.2) is 23.1 Å². The van der Waals surface area contributed by atoms with Crippen molar-refractivity contribution in [3.05, 3.63) is 34.2 Å². The number of rotatable bonds is 0. The standard InChI is InChI=1S/C8H7NO/c1-3-7-4-5-8(10)9(2)6-7/h1,4-6H,2H3. The molecule has 0 N–H and O–H groups in total. The highest BCUT2D eigenvalue weighted by atomic mass is 16.1. The molecule has 0 spiro atoms. The molecule has 0 aliphatic carbocycles. The molecule has 50 valence electrons. The lowest BCUT2D eigenvalue weighted by molar-refractivity contribution is 0.857. The molecule has 0 saturated carbocycles. The SMILES string of the molecule is C#Cc1ccc(=O)n(C)c1. The highest BCUT2D eigenvalue weighted by Gasteiger charge is 1.88. The maximum absolute atomic E-state index is 10.8. The Morgan fingerprint density at radius 2 is 2.30 bits per heavy atom. The molecule has 0 amide bonds. The van der Waals surface area contributed by atoms with Gasteiger partial charge < -0.3 is 4.57 Å². The average Bonchev–Trinajstić information content (AvgIpc) is 1.95. The van der Waals surface area contributed by atoms with Gasteiger partial charge in [0, 0.05) is 24.9 Å². The number of nitrogens with zero attached hydrogens (tertiary/aromatic N) is 1. The van der Waals surface area contributed by atoms with Crippen LogP contribution in [0.25, 0.3) is 0 Å². The maximum Gasteiger partial charge on any atom is 0.250 e. The fourth-order valence-corrected chi connectivity index (χ4v) is 0.679. The molecular weight excluding hydrogens is 126 g/mol. The van der Waals surface area contributed by atoms with Gasteiger partial charge in [0.1, 0.15) is 0 Å². The van der Waals surface area contributed by atoms with Crippen molar-refractivity contribution in [3.8, 4) is 12.3 Å². The zero-order valence-corrected chi connectivity index (χ0v) is 5.66. The summed E-state index contributed by atoms with van der Waals surface area (Å²) in [6, 6.07) is 3.08. The van der Waals surface area contributed by atoms with Crippen LogP contribution in [0, 0.1) is 12.3 Å².